The third-order valence-electron chi connectivity index (χ3n) is 3.19. The van der Waals surface area contributed by atoms with Crippen molar-refractivity contribution in [3.63, 3.8) is 0 Å². The molecule has 1 heterocycles. The van der Waals surface area contributed by atoms with Gasteiger partial charge in [0, 0.05) is 18.2 Å². The van der Waals surface area contributed by atoms with Crippen LogP contribution in [0.25, 0.3) is 0 Å². The molecule has 1 fully saturated rings. The molecule has 0 aliphatic carbocycles. The lowest BCUT2D eigenvalue weighted by Gasteiger charge is -2.13. The molecule has 4 nitrogen and oxygen atoms in total. The second-order valence-electron chi connectivity index (χ2n) is 4.72. The van der Waals surface area contributed by atoms with Gasteiger partial charge in [0.1, 0.15) is 5.75 Å². The van der Waals surface area contributed by atoms with Crippen LogP contribution in [0.4, 0.5) is 0 Å². The van der Waals surface area contributed by atoms with E-state index in [1.54, 1.807) is 25.1 Å². The Morgan fingerprint density at radius 3 is 2.88 bits per heavy atom. The Balaban J connectivity index is 2.02. The monoisotopic (exact) mass is 234 g/mol. The molecule has 1 aromatic rings. The summed E-state index contributed by atoms with van der Waals surface area (Å²) in [5.74, 6) is 0.163. The van der Waals surface area contributed by atoms with Gasteiger partial charge >= 0.3 is 0 Å². The number of amides is 1. The number of likely N-dealkylation sites (tertiary alicyclic amines) is 1. The number of phenols is 1. The zero-order valence-corrected chi connectivity index (χ0v) is 10.2. The summed E-state index contributed by atoms with van der Waals surface area (Å²) in [6.07, 6.45) is 0.999. The molecule has 1 atom stereocenters. The predicted octanol–water partition coefficient (Wildman–Crippen LogP) is 1.13. The van der Waals surface area contributed by atoms with Crippen molar-refractivity contribution in [2.24, 2.45) is 0 Å². The zero-order chi connectivity index (χ0) is 12.4. The van der Waals surface area contributed by atoms with Crippen LogP contribution in [0.15, 0.2) is 18.2 Å². The number of phenolic OH excluding ortho intramolecular Hbond substituents is 1. The number of carbonyl (C=O) groups excluding carboxylic acids is 1. The molecule has 1 aliphatic heterocycles. The van der Waals surface area contributed by atoms with Crippen LogP contribution < -0.4 is 5.32 Å². The summed E-state index contributed by atoms with van der Waals surface area (Å²) in [5.41, 5.74) is 1.33. The Kier molecular flexibility index (Phi) is 3.33. The van der Waals surface area contributed by atoms with Gasteiger partial charge in [-0.25, -0.2) is 0 Å². The van der Waals surface area contributed by atoms with E-state index in [9.17, 15) is 9.90 Å². The number of aryl methyl sites for hydroxylation is 1. The number of aromatic hydroxyl groups is 1. The van der Waals surface area contributed by atoms with Crippen LogP contribution in [0.5, 0.6) is 5.75 Å². The number of rotatable bonds is 2. The molecular weight excluding hydrogens is 216 g/mol. The van der Waals surface area contributed by atoms with E-state index in [1.165, 1.54) is 0 Å². The number of carbonyl (C=O) groups is 1. The highest BCUT2D eigenvalue weighted by Crippen LogP contribution is 2.17. The zero-order valence-electron chi connectivity index (χ0n) is 10.2. The van der Waals surface area contributed by atoms with Crippen molar-refractivity contribution >= 4 is 5.91 Å². The predicted molar refractivity (Wildman–Crippen MR) is 66.2 cm³/mol. The van der Waals surface area contributed by atoms with Gasteiger partial charge < -0.3 is 15.3 Å². The maximum absolute atomic E-state index is 12.0. The third kappa shape index (κ3) is 2.77. The van der Waals surface area contributed by atoms with Crippen LogP contribution in [0.2, 0.25) is 0 Å². The molecule has 0 radical (unpaired) electrons. The van der Waals surface area contributed by atoms with Crippen molar-refractivity contribution in [2.75, 3.05) is 20.1 Å². The smallest absolute Gasteiger partial charge is 0.251 e. The van der Waals surface area contributed by atoms with Crippen LogP contribution in [-0.4, -0.2) is 42.1 Å². The van der Waals surface area contributed by atoms with E-state index < -0.39 is 0 Å². The molecule has 0 bridgehead atoms. The van der Waals surface area contributed by atoms with Gasteiger partial charge in [-0.2, -0.15) is 0 Å². The van der Waals surface area contributed by atoms with E-state index in [1.807, 2.05) is 0 Å². The van der Waals surface area contributed by atoms with Crippen LogP contribution in [0, 0.1) is 6.92 Å². The van der Waals surface area contributed by atoms with Gasteiger partial charge in [-0.3, -0.25) is 4.79 Å². The summed E-state index contributed by atoms with van der Waals surface area (Å²) in [5, 5.41) is 12.4. The Morgan fingerprint density at radius 1 is 1.53 bits per heavy atom. The summed E-state index contributed by atoms with van der Waals surface area (Å²) in [6, 6.07) is 5.16. The second kappa shape index (κ2) is 4.75. The lowest BCUT2D eigenvalue weighted by molar-refractivity contribution is 0.0938. The molecule has 1 aliphatic rings. The lowest BCUT2D eigenvalue weighted by atomic mass is 10.1. The first kappa shape index (κ1) is 11.9. The van der Waals surface area contributed by atoms with Gasteiger partial charge in [-0.05, 0) is 50.7 Å². The van der Waals surface area contributed by atoms with E-state index in [-0.39, 0.29) is 17.7 Å². The Morgan fingerprint density at radius 2 is 2.29 bits per heavy atom. The number of benzene rings is 1. The molecule has 1 saturated heterocycles. The second-order valence-corrected chi connectivity index (χ2v) is 4.72. The molecule has 2 N–H and O–H groups in total. The molecule has 1 amide bonds. The maximum Gasteiger partial charge on any atom is 0.251 e. The Hall–Kier alpha value is -1.55. The molecule has 0 saturated carbocycles. The quantitative estimate of drug-likeness (QED) is 0.806. The lowest BCUT2D eigenvalue weighted by Crippen LogP contribution is -2.36. The van der Waals surface area contributed by atoms with Crippen molar-refractivity contribution in [1.82, 2.24) is 10.2 Å². The topological polar surface area (TPSA) is 52.6 Å². The normalized spacial score (nSPS) is 20.5. The fraction of sp³-hybridized carbons (Fsp3) is 0.462. The summed E-state index contributed by atoms with van der Waals surface area (Å²) in [6.45, 7) is 3.72. The third-order valence-corrected chi connectivity index (χ3v) is 3.19. The fourth-order valence-electron chi connectivity index (χ4n) is 2.12. The maximum atomic E-state index is 12.0. The largest absolute Gasteiger partial charge is 0.508 e. The average Bonchev–Trinajstić information content (AvgIpc) is 2.68. The van der Waals surface area contributed by atoms with Crippen molar-refractivity contribution in [3.05, 3.63) is 29.3 Å². The summed E-state index contributed by atoms with van der Waals surface area (Å²) >= 11 is 0. The highest BCUT2D eigenvalue weighted by molar-refractivity contribution is 5.94. The van der Waals surface area contributed by atoms with Crippen molar-refractivity contribution in [1.29, 1.82) is 0 Å². The van der Waals surface area contributed by atoms with Crippen LogP contribution in [-0.2, 0) is 0 Å². The highest BCUT2D eigenvalue weighted by Gasteiger charge is 2.21. The average molecular weight is 234 g/mol. The van der Waals surface area contributed by atoms with E-state index in [0.29, 0.717) is 5.56 Å². The SMILES string of the molecule is Cc1cc(C(=O)NC2CCN(C)C2)ccc1O. The highest BCUT2D eigenvalue weighted by atomic mass is 16.3. The van der Waals surface area contributed by atoms with E-state index in [4.69, 9.17) is 0 Å². The number of likely N-dealkylation sites (N-methyl/N-ethyl adjacent to an activating group) is 1. The summed E-state index contributed by atoms with van der Waals surface area (Å²) in [4.78, 5) is 14.2. The van der Waals surface area contributed by atoms with Crippen molar-refractivity contribution in [3.8, 4) is 5.75 Å². The molecule has 0 spiro atoms. The van der Waals surface area contributed by atoms with Crippen molar-refractivity contribution in [2.45, 2.75) is 19.4 Å². The van der Waals surface area contributed by atoms with Crippen LogP contribution in [0.1, 0.15) is 22.3 Å². The minimum absolute atomic E-state index is 0.0617. The summed E-state index contributed by atoms with van der Waals surface area (Å²) in [7, 11) is 2.05. The van der Waals surface area contributed by atoms with Gasteiger partial charge in [0.15, 0.2) is 0 Å². The van der Waals surface area contributed by atoms with Gasteiger partial charge in [0.2, 0.25) is 0 Å². The number of nitrogens with one attached hydrogen (secondary N) is 1. The Bertz CT molecular complexity index is 431. The first-order chi connectivity index (χ1) is 8.06. The van der Waals surface area contributed by atoms with Crippen LogP contribution in [0.3, 0.4) is 0 Å². The van der Waals surface area contributed by atoms with Gasteiger partial charge in [0.25, 0.3) is 5.91 Å². The minimum atomic E-state index is -0.0617. The molecule has 1 unspecified atom stereocenters. The van der Waals surface area contributed by atoms with E-state index in [0.717, 1.165) is 25.1 Å². The minimum Gasteiger partial charge on any atom is -0.508 e. The van der Waals surface area contributed by atoms with Gasteiger partial charge in [-0.1, -0.05) is 0 Å². The van der Waals surface area contributed by atoms with Crippen LogP contribution >= 0.6 is 0 Å². The molecule has 4 heteroatoms. The summed E-state index contributed by atoms with van der Waals surface area (Å²) < 4.78 is 0. The first-order valence-corrected chi connectivity index (χ1v) is 5.85. The van der Waals surface area contributed by atoms with E-state index in [2.05, 4.69) is 17.3 Å². The fourth-order valence-corrected chi connectivity index (χ4v) is 2.12. The molecule has 2 rings (SSSR count). The van der Waals surface area contributed by atoms with Gasteiger partial charge in [0.05, 0.1) is 0 Å². The number of hydrogen-bond donors (Lipinski definition) is 2. The van der Waals surface area contributed by atoms with Gasteiger partial charge in [-0.15, -0.1) is 0 Å². The van der Waals surface area contributed by atoms with E-state index >= 15 is 0 Å². The Labute approximate surface area is 101 Å². The molecule has 0 aromatic heterocycles. The molecule has 1 aromatic carbocycles. The standard InChI is InChI=1S/C13H18N2O2/c1-9-7-10(3-4-12(9)16)13(17)14-11-5-6-15(2)8-11/h3-4,7,11,16H,5-6,8H2,1-2H3,(H,14,17). The van der Waals surface area contributed by atoms with Crippen molar-refractivity contribution < 1.29 is 9.90 Å². The molecule has 17 heavy (non-hydrogen) atoms. The molecule has 92 valence electrons. The molecular formula is C13H18N2O2. The number of hydrogen-bond acceptors (Lipinski definition) is 3. The first-order valence-electron chi connectivity index (χ1n) is 5.85. The number of nitrogens with zero attached hydrogens (tertiary/aromatic N) is 1.